The molecule has 146 valence electrons. The number of hydrogen-bond acceptors (Lipinski definition) is 7. The molecule has 1 aromatic carbocycles. The summed E-state index contributed by atoms with van der Waals surface area (Å²) in [7, 11) is 3.00. The van der Waals surface area contributed by atoms with Crippen LogP contribution in [0.25, 0.3) is 0 Å². The van der Waals surface area contributed by atoms with Crippen LogP contribution >= 0.6 is 11.8 Å². The first-order valence-corrected chi connectivity index (χ1v) is 9.29. The van der Waals surface area contributed by atoms with Crippen LogP contribution in [0.1, 0.15) is 19.4 Å². The summed E-state index contributed by atoms with van der Waals surface area (Å²) in [5, 5.41) is 13.7. The van der Waals surface area contributed by atoms with Crippen molar-refractivity contribution in [2.75, 3.05) is 14.2 Å². The monoisotopic (exact) mass is 416 g/mol. The number of β-lactam (4-membered cyclic amide) rings is 1. The second-order valence-corrected chi connectivity index (χ2v) is 8.71. The number of nitrogens with one attached hydrogen (secondary N) is 1. The number of methoxy groups -OCH3 is 2. The topological polar surface area (TPSA) is 108 Å². The molecule has 2 aliphatic heterocycles. The van der Waals surface area contributed by atoms with Gasteiger partial charge < -0.3 is 29.6 Å². The molecule has 3 atom stereocenters. The molecule has 2 aliphatic rings. The van der Waals surface area contributed by atoms with Gasteiger partial charge in [-0.3, -0.25) is 9.59 Å². The maximum atomic E-state index is 12.5. The number of hydrogen-bond donors (Lipinski definition) is 1. The number of aliphatic carboxylic acids is 1. The zero-order valence-corrected chi connectivity index (χ0v) is 19.3. The van der Waals surface area contributed by atoms with Gasteiger partial charge in [0.25, 0.3) is 0 Å². The third-order valence-corrected chi connectivity index (χ3v) is 6.42. The minimum Gasteiger partial charge on any atom is -0.548 e. The standard InChI is InChI=1S/C18H22N2O6S.Na/c1-18(2)14(17(23)24)20-15(22)13(16(20)27-18)19-12(21)8-9-10(25-3)6-5-7-11(9)26-4;/h5-7,13-14,16H,8H2,1-4H3,(H,19,21)(H,23,24);/q;+1/p-1. The summed E-state index contributed by atoms with van der Waals surface area (Å²) in [5.41, 5.74) is 0.579. The second kappa shape index (κ2) is 8.52. The largest absolute Gasteiger partial charge is 1.00 e. The Hall–Kier alpha value is -1.42. The summed E-state index contributed by atoms with van der Waals surface area (Å²) in [6, 6.07) is 3.43. The Bertz CT molecular complexity index is 780. The summed E-state index contributed by atoms with van der Waals surface area (Å²) in [6.07, 6.45) is -0.0261. The third-order valence-electron chi connectivity index (χ3n) is 4.85. The normalized spacial score (nSPS) is 24.5. The smallest absolute Gasteiger partial charge is 0.548 e. The van der Waals surface area contributed by atoms with Crippen LogP contribution in [0.15, 0.2) is 18.2 Å². The van der Waals surface area contributed by atoms with Crippen molar-refractivity contribution < 1.29 is 58.5 Å². The Morgan fingerprint density at radius 3 is 2.32 bits per heavy atom. The van der Waals surface area contributed by atoms with E-state index in [4.69, 9.17) is 9.47 Å². The third kappa shape index (κ3) is 3.85. The number of nitrogens with zero attached hydrogens (tertiary/aromatic N) is 1. The van der Waals surface area contributed by atoms with Crippen LogP contribution in [-0.2, 0) is 20.8 Å². The Kier molecular flexibility index (Phi) is 6.96. The molecule has 1 N–H and O–H groups in total. The molecule has 0 spiro atoms. The van der Waals surface area contributed by atoms with E-state index in [1.807, 2.05) is 0 Å². The van der Waals surface area contributed by atoms with Gasteiger partial charge in [-0.2, -0.15) is 0 Å². The van der Waals surface area contributed by atoms with Gasteiger partial charge in [0.05, 0.1) is 32.7 Å². The molecule has 3 rings (SSSR count). The van der Waals surface area contributed by atoms with Crippen LogP contribution in [0.3, 0.4) is 0 Å². The number of rotatable bonds is 6. The maximum absolute atomic E-state index is 12.5. The first kappa shape index (κ1) is 22.9. The Labute approximate surface area is 189 Å². The molecule has 8 nitrogen and oxygen atoms in total. The van der Waals surface area contributed by atoms with E-state index in [-0.39, 0.29) is 41.9 Å². The molecule has 0 bridgehead atoms. The van der Waals surface area contributed by atoms with Crippen LogP contribution < -0.4 is 49.5 Å². The Balaban J connectivity index is 0.00000280. The van der Waals surface area contributed by atoms with Gasteiger partial charge in [-0.15, -0.1) is 11.8 Å². The molecular formula is C18H21N2NaO6S. The van der Waals surface area contributed by atoms with Crippen LogP contribution in [0.5, 0.6) is 11.5 Å². The van der Waals surface area contributed by atoms with Crippen LogP contribution in [0.2, 0.25) is 0 Å². The van der Waals surface area contributed by atoms with E-state index in [0.29, 0.717) is 17.1 Å². The van der Waals surface area contributed by atoms with Crippen molar-refractivity contribution in [3.8, 4) is 11.5 Å². The first-order valence-electron chi connectivity index (χ1n) is 8.41. The molecule has 0 aliphatic carbocycles. The van der Waals surface area contributed by atoms with E-state index in [9.17, 15) is 19.5 Å². The number of carbonyl (C=O) groups excluding carboxylic acids is 3. The van der Waals surface area contributed by atoms with E-state index in [1.54, 1.807) is 32.0 Å². The van der Waals surface area contributed by atoms with E-state index < -0.39 is 34.1 Å². The number of carbonyl (C=O) groups is 3. The fourth-order valence-corrected chi connectivity index (χ4v) is 5.23. The van der Waals surface area contributed by atoms with Gasteiger partial charge in [0, 0.05) is 10.3 Å². The van der Waals surface area contributed by atoms with Gasteiger partial charge in [-0.25, -0.2) is 0 Å². The number of amides is 2. The zero-order valence-electron chi connectivity index (χ0n) is 16.5. The summed E-state index contributed by atoms with van der Waals surface area (Å²) >= 11 is 1.35. The SMILES string of the molecule is COc1cccc(OC)c1CC(=O)NC1C(=O)N2C1SC(C)(C)C2C(=O)[O-].[Na+]. The van der Waals surface area contributed by atoms with Crippen molar-refractivity contribution in [3.63, 3.8) is 0 Å². The quantitative estimate of drug-likeness (QED) is 0.380. The Morgan fingerprint density at radius 2 is 1.82 bits per heavy atom. The van der Waals surface area contributed by atoms with Gasteiger partial charge in [-0.05, 0) is 26.0 Å². The maximum Gasteiger partial charge on any atom is 1.00 e. The van der Waals surface area contributed by atoms with Crippen molar-refractivity contribution in [2.45, 2.75) is 42.5 Å². The minimum atomic E-state index is -1.29. The van der Waals surface area contributed by atoms with Gasteiger partial charge in [0.2, 0.25) is 11.8 Å². The number of carboxylic acids is 1. The van der Waals surface area contributed by atoms with Gasteiger partial charge >= 0.3 is 29.6 Å². The molecule has 28 heavy (non-hydrogen) atoms. The van der Waals surface area contributed by atoms with Gasteiger partial charge in [0.15, 0.2) is 0 Å². The van der Waals surface area contributed by atoms with Crippen molar-refractivity contribution >= 4 is 29.5 Å². The number of thioether (sulfide) groups is 1. The second-order valence-electron chi connectivity index (χ2n) is 6.94. The first-order chi connectivity index (χ1) is 12.7. The van der Waals surface area contributed by atoms with Crippen molar-refractivity contribution in [1.29, 1.82) is 0 Å². The molecule has 0 radical (unpaired) electrons. The van der Waals surface area contributed by atoms with Gasteiger partial charge in [0.1, 0.15) is 22.9 Å². The molecule has 1 aromatic rings. The number of fused-ring (bicyclic) bond motifs is 1. The average Bonchev–Trinajstić information content (AvgIpc) is 2.88. The number of benzene rings is 1. The van der Waals surface area contributed by atoms with Crippen molar-refractivity contribution in [2.24, 2.45) is 0 Å². The average molecular weight is 416 g/mol. The fourth-order valence-electron chi connectivity index (χ4n) is 3.61. The van der Waals surface area contributed by atoms with Crippen LogP contribution in [0, 0.1) is 0 Å². The molecule has 0 aromatic heterocycles. The molecule has 2 fully saturated rings. The number of ether oxygens (including phenoxy) is 2. The summed E-state index contributed by atoms with van der Waals surface area (Å²) < 4.78 is 9.87. The summed E-state index contributed by atoms with van der Waals surface area (Å²) in [5.74, 6) is -1.04. The van der Waals surface area contributed by atoms with Crippen molar-refractivity contribution in [1.82, 2.24) is 10.2 Å². The van der Waals surface area contributed by atoms with E-state index in [0.717, 1.165) is 0 Å². The van der Waals surface area contributed by atoms with Crippen LogP contribution in [-0.4, -0.2) is 59.1 Å². The van der Waals surface area contributed by atoms with E-state index >= 15 is 0 Å². The van der Waals surface area contributed by atoms with Crippen molar-refractivity contribution in [3.05, 3.63) is 23.8 Å². The van der Waals surface area contributed by atoms with E-state index in [1.165, 1.54) is 30.9 Å². The molecule has 2 heterocycles. The van der Waals surface area contributed by atoms with E-state index in [2.05, 4.69) is 5.32 Å². The van der Waals surface area contributed by atoms with Crippen LogP contribution in [0.4, 0.5) is 0 Å². The molecule has 2 amide bonds. The Morgan fingerprint density at radius 1 is 1.25 bits per heavy atom. The predicted octanol–water partition coefficient (Wildman–Crippen LogP) is -3.45. The fraction of sp³-hybridized carbons (Fsp3) is 0.500. The molecule has 0 saturated carbocycles. The summed E-state index contributed by atoms with van der Waals surface area (Å²) in [6.45, 7) is 3.50. The minimum absolute atomic E-state index is 0. The number of carboxylic acid groups (broad SMARTS) is 1. The van der Waals surface area contributed by atoms with Gasteiger partial charge in [-0.1, -0.05) is 6.07 Å². The zero-order chi connectivity index (χ0) is 19.9. The predicted molar refractivity (Wildman–Crippen MR) is 96.3 cm³/mol. The summed E-state index contributed by atoms with van der Waals surface area (Å²) in [4.78, 5) is 37.7. The molecule has 2 saturated heterocycles. The molecule has 3 unspecified atom stereocenters. The molecular weight excluding hydrogens is 395 g/mol. The molecule has 10 heteroatoms.